The van der Waals surface area contributed by atoms with Crippen molar-refractivity contribution in [3.63, 3.8) is 0 Å². The third-order valence-corrected chi connectivity index (χ3v) is 14.6. The summed E-state index contributed by atoms with van der Waals surface area (Å²) in [4.78, 5) is 12.2. The molecule has 55 heavy (non-hydrogen) atoms. The van der Waals surface area contributed by atoms with Crippen LogP contribution in [0.1, 0.15) is 25.0 Å². The third-order valence-electron chi connectivity index (χ3n) is 10.0. The van der Waals surface area contributed by atoms with Gasteiger partial charge in [0.2, 0.25) is 0 Å². The molecular formula is C48H40BN4PtSi. The first-order valence-corrected chi connectivity index (χ1v) is 20.3. The molecule has 0 unspecified atom stereocenters. The number of aryl methyl sites for hydroxylation is 2. The van der Waals surface area contributed by atoms with Crippen LogP contribution in [-0.2, 0) is 33.9 Å². The fourth-order valence-electron chi connectivity index (χ4n) is 7.53. The Morgan fingerprint density at radius 2 is 1.15 bits per heavy atom. The van der Waals surface area contributed by atoms with E-state index in [0.717, 1.165) is 51.7 Å². The first-order chi connectivity index (χ1) is 26.2. The minimum Gasteiger partial charge on any atom is -0.352 e. The smallest absolute Gasteiger partial charge is 0.352 e. The standard InChI is InChI=1S/C48H40N4Si.B.Pt/c1-3-37-19-16-20-38(4-2)48(37)51-35-46(50-36-51)39-21-17-24-41(33-39)52(40-22-8-5-9-23-40)42-25-18-30-45(34-42)53(43-26-10-6-11-27-43,44-28-12-7-13-29-44)47-31-14-15-32-49-47;;/h5-32,35-36H,3-4H2,1-2H3;;/q-2;;+2. The zero-order valence-electron chi connectivity index (χ0n) is 30.9. The van der Waals surface area contributed by atoms with Crippen molar-refractivity contribution in [1.82, 2.24) is 14.5 Å². The van der Waals surface area contributed by atoms with Gasteiger partial charge < -0.3 is 9.47 Å². The third kappa shape index (κ3) is 7.58. The topological polar surface area (TPSA) is 34.0 Å². The Bertz CT molecular complexity index is 2320. The van der Waals surface area contributed by atoms with Gasteiger partial charge in [-0.05, 0) is 70.5 Å². The molecule has 269 valence electrons. The molecule has 0 aliphatic rings. The number of pyridine rings is 1. The molecule has 2 heterocycles. The van der Waals surface area contributed by atoms with Crippen LogP contribution in [0.15, 0.2) is 183 Å². The molecule has 8 rings (SSSR count). The first-order valence-electron chi connectivity index (χ1n) is 18.3. The number of hydrogen-bond acceptors (Lipinski definition) is 3. The largest absolute Gasteiger partial charge is 2.00 e. The van der Waals surface area contributed by atoms with E-state index >= 15 is 0 Å². The van der Waals surface area contributed by atoms with Crippen LogP contribution in [-0.4, -0.2) is 31.0 Å². The van der Waals surface area contributed by atoms with Crippen LogP contribution in [0.3, 0.4) is 0 Å². The fraction of sp³-hybridized carbons (Fsp3) is 0.0833. The van der Waals surface area contributed by atoms with Crippen LogP contribution in [0.25, 0.3) is 16.9 Å². The van der Waals surface area contributed by atoms with Gasteiger partial charge in [0.1, 0.15) is 0 Å². The molecule has 0 saturated carbocycles. The summed E-state index contributed by atoms with van der Waals surface area (Å²) in [6.07, 6.45) is 7.90. The minimum absolute atomic E-state index is 0. The van der Waals surface area contributed by atoms with Gasteiger partial charge in [0.25, 0.3) is 0 Å². The van der Waals surface area contributed by atoms with Gasteiger partial charge in [0, 0.05) is 31.3 Å². The summed E-state index contributed by atoms with van der Waals surface area (Å²) >= 11 is 0. The Morgan fingerprint density at radius 3 is 1.75 bits per heavy atom. The van der Waals surface area contributed by atoms with E-state index in [0.29, 0.717) is 0 Å². The molecule has 3 radical (unpaired) electrons. The SMILES string of the molecule is CCc1cccc(CC)c1-n1cnc(-c2[c-]c(N(c3[c-]c([Si](c4ccccc4)(c4ccccc4)c4ccccn4)ccc3)c3ccccc3)ccc2)c1.[B].[Pt+2]. The van der Waals surface area contributed by atoms with E-state index in [-0.39, 0.29) is 29.5 Å². The maximum atomic E-state index is 5.07. The second-order valence-corrected chi connectivity index (χ2v) is 16.8. The van der Waals surface area contributed by atoms with Crippen LogP contribution in [0.5, 0.6) is 0 Å². The van der Waals surface area contributed by atoms with Gasteiger partial charge in [-0.3, -0.25) is 9.97 Å². The van der Waals surface area contributed by atoms with Crippen molar-refractivity contribution in [3.05, 3.63) is 206 Å². The van der Waals surface area contributed by atoms with Crippen LogP contribution >= 0.6 is 0 Å². The van der Waals surface area contributed by atoms with Gasteiger partial charge in [0.15, 0.2) is 8.07 Å². The summed E-state index contributed by atoms with van der Waals surface area (Å²) in [5, 5.41) is 4.70. The summed E-state index contributed by atoms with van der Waals surface area (Å²) in [5.74, 6) is 0. The summed E-state index contributed by atoms with van der Waals surface area (Å²) in [6.45, 7) is 4.42. The Morgan fingerprint density at radius 1 is 0.582 bits per heavy atom. The maximum absolute atomic E-state index is 5.07. The van der Waals surface area contributed by atoms with Crippen molar-refractivity contribution in [2.75, 3.05) is 4.90 Å². The van der Waals surface area contributed by atoms with Crippen molar-refractivity contribution >= 4 is 54.4 Å². The number of aromatic nitrogens is 3. The molecule has 0 spiro atoms. The molecular weight excluding hydrogens is 867 g/mol. The van der Waals surface area contributed by atoms with E-state index in [1.807, 2.05) is 18.6 Å². The van der Waals surface area contributed by atoms with E-state index in [2.05, 4.69) is 199 Å². The van der Waals surface area contributed by atoms with Gasteiger partial charge >= 0.3 is 21.1 Å². The van der Waals surface area contributed by atoms with Crippen LogP contribution in [0.4, 0.5) is 17.1 Å². The molecule has 0 aliphatic heterocycles. The van der Waals surface area contributed by atoms with Crippen molar-refractivity contribution < 1.29 is 21.1 Å². The van der Waals surface area contributed by atoms with Crippen molar-refractivity contribution in [2.45, 2.75) is 26.7 Å². The Labute approximate surface area is 342 Å². The van der Waals surface area contributed by atoms with Crippen LogP contribution in [0.2, 0.25) is 0 Å². The van der Waals surface area contributed by atoms with Gasteiger partial charge in [-0.2, -0.15) is 23.4 Å². The molecule has 0 bridgehead atoms. The molecule has 0 atom stereocenters. The number of rotatable bonds is 11. The van der Waals surface area contributed by atoms with E-state index < -0.39 is 8.07 Å². The predicted octanol–water partition coefficient (Wildman–Crippen LogP) is 8.12. The Hall–Kier alpha value is -5.55. The molecule has 0 aliphatic carbocycles. The molecule has 2 aromatic heterocycles. The molecule has 0 N–H and O–H groups in total. The zero-order chi connectivity index (χ0) is 36.0. The molecule has 6 aromatic carbocycles. The monoisotopic (exact) mass is 906 g/mol. The number of imidazole rings is 1. The molecule has 8 aromatic rings. The second kappa shape index (κ2) is 17.7. The zero-order valence-corrected chi connectivity index (χ0v) is 34.2. The van der Waals surface area contributed by atoms with Gasteiger partial charge in [-0.1, -0.05) is 123 Å². The predicted molar refractivity (Wildman–Crippen MR) is 227 cm³/mol. The number of nitrogens with zero attached hydrogens (tertiary/aromatic N) is 4. The quantitative estimate of drug-likeness (QED) is 0.0748. The number of hydrogen-bond donors (Lipinski definition) is 0. The summed E-state index contributed by atoms with van der Waals surface area (Å²) in [7, 11) is -2.90. The molecule has 0 saturated heterocycles. The van der Waals surface area contributed by atoms with E-state index in [9.17, 15) is 0 Å². The van der Waals surface area contributed by atoms with E-state index in [1.165, 1.54) is 27.2 Å². The molecule has 0 amide bonds. The number of anilines is 3. The van der Waals surface area contributed by atoms with E-state index in [1.54, 1.807) is 0 Å². The van der Waals surface area contributed by atoms with Crippen molar-refractivity contribution in [3.8, 4) is 16.9 Å². The summed E-state index contributed by atoms with van der Waals surface area (Å²) in [5.41, 5.74) is 8.51. The number of benzene rings is 6. The molecule has 0 fully saturated rings. The first kappa shape index (κ1) is 39.2. The van der Waals surface area contributed by atoms with Gasteiger partial charge in [-0.15, -0.1) is 35.9 Å². The van der Waals surface area contributed by atoms with Gasteiger partial charge in [0.05, 0.1) is 12.0 Å². The number of para-hydroxylation sites is 2. The van der Waals surface area contributed by atoms with E-state index in [4.69, 9.17) is 9.97 Å². The van der Waals surface area contributed by atoms with Crippen LogP contribution in [0, 0.1) is 12.1 Å². The minimum atomic E-state index is -2.90. The van der Waals surface area contributed by atoms with Crippen molar-refractivity contribution in [2.24, 2.45) is 0 Å². The molecule has 4 nitrogen and oxygen atoms in total. The normalized spacial score (nSPS) is 10.9. The molecule has 7 heteroatoms. The second-order valence-electron chi connectivity index (χ2n) is 13.1. The van der Waals surface area contributed by atoms with Crippen molar-refractivity contribution in [1.29, 1.82) is 0 Å². The Balaban J connectivity index is 0.00000257. The van der Waals surface area contributed by atoms with Gasteiger partial charge in [-0.25, -0.2) is 0 Å². The Kier molecular flexibility index (Phi) is 12.6. The average Bonchev–Trinajstić information content (AvgIpc) is 3.73. The van der Waals surface area contributed by atoms with Crippen LogP contribution < -0.4 is 25.8 Å². The summed E-state index contributed by atoms with van der Waals surface area (Å²) in [6, 6.07) is 65.7. The average molecular weight is 907 g/mol. The maximum Gasteiger partial charge on any atom is 2.00 e. The fourth-order valence-corrected chi connectivity index (χ4v) is 12.0. The summed E-state index contributed by atoms with van der Waals surface area (Å²) < 4.78 is 2.18.